The zero-order chi connectivity index (χ0) is 71.1. The topological polar surface area (TPSA) is 656 Å². The Labute approximate surface area is 558 Å². The molecule has 0 spiro atoms. The molecule has 2 fully saturated rings. The Morgan fingerprint density at radius 3 is 2.05 bits per heavy atom. The number of primary amides is 3. The number of rotatable bonds is 34. The smallest absolute Gasteiger partial charge is 0.404 e. The number of aliphatic hydroxyl groups excluding tert-OH is 8. The first-order chi connectivity index (χ1) is 46.0. The van der Waals surface area contributed by atoms with Gasteiger partial charge in [-0.05, 0) is 20.8 Å². The fraction of sp³-hybridized carbons (Fsp3) is 0.564. The van der Waals surface area contributed by atoms with E-state index in [1.54, 1.807) is 17.0 Å². The van der Waals surface area contributed by atoms with Crippen LogP contribution in [-0.4, -0.2) is 259 Å². The van der Waals surface area contributed by atoms with Gasteiger partial charge in [0, 0.05) is 67.1 Å². The van der Waals surface area contributed by atoms with Gasteiger partial charge in [0.05, 0.1) is 79.0 Å². The normalized spacial score (nSPS) is 23.8. The number of imidazole rings is 2. The number of nitrogen functional groups attached to an aromatic ring is 1. The molecule has 0 radical (unpaired) electrons. The Bertz CT molecular complexity index is 3480. The molecule has 0 saturated carbocycles. The second-order valence-corrected chi connectivity index (χ2v) is 24.4. The molecule has 5 aromatic rings. The zero-order valence-electron chi connectivity index (χ0n) is 52.4. The van der Waals surface area contributed by atoms with Crippen LogP contribution in [0.25, 0.3) is 10.7 Å². The minimum Gasteiger partial charge on any atom is -0.441 e. The van der Waals surface area contributed by atoms with Crippen molar-refractivity contribution in [3.05, 3.63) is 75.0 Å². The molecule has 40 nitrogen and oxygen atoms in total. The molecule has 5 aromatic heterocycles. The lowest BCUT2D eigenvalue weighted by Gasteiger charge is -2.47. The Morgan fingerprint density at radius 1 is 0.732 bits per heavy atom. The number of hydrogen-bond donors (Lipinski definition) is 21. The number of nitrogens with one attached hydrogen (secondary N) is 8. The summed E-state index contributed by atoms with van der Waals surface area (Å²) in [5.74, 6) is -8.80. The van der Waals surface area contributed by atoms with Gasteiger partial charge in [-0.2, -0.15) is 0 Å². The Morgan fingerprint density at radius 2 is 1.41 bits per heavy atom. The molecule has 2 aliphatic rings. The van der Waals surface area contributed by atoms with E-state index in [0.717, 1.165) is 18.2 Å². The molecule has 42 heteroatoms. The number of hydrogen-bond acceptors (Lipinski definition) is 32. The second kappa shape index (κ2) is 34.7. The van der Waals surface area contributed by atoms with Crippen LogP contribution in [0, 0.1) is 12.8 Å². The molecule has 0 aliphatic carbocycles. The van der Waals surface area contributed by atoms with Crippen LogP contribution in [0.5, 0.6) is 0 Å². The quantitative estimate of drug-likeness (QED) is 0.0182. The molecule has 2 saturated heterocycles. The molecule has 7 rings (SSSR count). The second-order valence-electron chi connectivity index (χ2n) is 22.6. The van der Waals surface area contributed by atoms with Crippen molar-refractivity contribution in [3.63, 3.8) is 0 Å². The molecule has 0 aromatic carbocycles. The summed E-state index contributed by atoms with van der Waals surface area (Å²) in [4.78, 5) is 138. The number of amides is 8. The van der Waals surface area contributed by atoms with Gasteiger partial charge in [-0.3, -0.25) is 33.6 Å². The SMILES string of the molecule is Cc1c(N)nc([C@@H](CC(N)=O)NC[C@@H](N)C(N)=O)nc1C(=O)N[C@@H](C(=O)N[C@@H](C)[C@@H](O)[C@H](C)C(=O)N[C@H](C(=O)NCCc1nc(-c2nc(C(=O)NCCc3cnc[nH]3)cs2)cs1)[C@@H](C)O)[C@@H](O[C@H]1O[C@H](CO)[C@H](O)[C@@H](O)[C@@H]1O[C@@H]1O[C@@H](CO)[C@H](O)[C@@H](OC(N)=O)[C@@H]1O)c1cnc[nH]1. The highest BCUT2D eigenvalue weighted by Gasteiger charge is 2.54. The maximum absolute atomic E-state index is 15.2. The number of aromatic amines is 2. The van der Waals surface area contributed by atoms with Crippen LogP contribution < -0.4 is 60.6 Å². The number of nitrogens with two attached hydrogens (primary N) is 5. The minimum atomic E-state index is -2.20. The van der Waals surface area contributed by atoms with Gasteiger partial charge in [-0.25, -0.2) is 34.7 Å². The molecular formula is C55H79N19O21S2. The molecule has 19 atom stereocenters. The van der Waals surface area contributed by atoms with Gasteiger partial charge in [0.25, 0.3) is 11.8 Å². The van der Waals surface area contributed by atoms with Crippen LogP contribution in [-0.2, 0) is 60.5 Å². The minimum absolute atomic E-state index is 0.0195. The van der Waals surface area contributed by atoms with Gasteiger partial charge in [0.1, 0.15) is 94.6 Å². The van der Waals surface area contributed by atoms with Crippen LogP contribution in [0.15, 0.2) is 35.8 Å². The van der Waals surface area contributed by atoms with Gasteiger partial charge in [0.2, 0.25) is 29.5 Å². The summed E-state index contributed by atoms with van der Waals surface area (Å²) < 4.78 is 28.7. The number of aromatic nitrogens is 8. The molecule has 0 unspecified atom stereocenters. The van der Waals surface area contributed by atoms with E-state index >= 15 is 4.79 Å². The fourth-order valence-electron chi connectivity index (χ4n) is 9.97. The summed E-state index contributed by atoms with van der Waals surface area (Å²) in [5.41, 5.74) is 28.8. The summed E-state index contributed by atoms with van der Waals surface area (Å²) in [5, 5.41) is 108. The molecule has 2 aliphatic heterocycles. The summed E-state index contributed by atoms with van der Waals surface area (Å²) in [6.45, 7) is 2.96. The van der Waals surface area contributed by atoms with Crippen LogP contribution in [0.2, 0.25) is 0 Å². The van der Waals surface area contributed by atoms with E-state index in [2.05, 4.69) is 71.8 Å². The number of aliphatic hydroxyl groups is 8. The maximum atomic E-state index is 15.2. The van der Waals surface area contributed by atoms with Crippen molar-refractivity contribution in [1.82, 2.24) is 71.8 Å². The average molecular weight is 1410 g/mol. The van der Waals surface area contributed by atoms with Crippen LogP contribution in [0.3, 0.4) is 0 Å². The lowest BCUT2D eigenvalue weighted by atomic mass is 9.96. The first-order valence-corrected chi connectivity index (χ1v) is 31.7. The van der Waals surface area contributed by atoms with Crippen LogP contribution in [0.4, 0.5) is 10.6 Å². The van der Waals surface area contributed by atoms with Crippen molar-refractivity contribution in [2.75, 3.05) is 38.6 Å². The molecule has 26 N–H and O–H groups in total. The largest absolute Gasteiger partial charge is 0.441 e. The number of carbonyl (C=O) groups is 8. The van der Waals surface area contributed by atoms with E-state index in [1.165, 1.54) is 56.7 Å². The van der Waals surface area contributed by atoms with Crippen molar-refractivity contribution in [2.24, 2.45) is 28.9 Å². The third-order valence-electron chi connectivity index (χ3n) is 15.5. The standard InChI is InChI=1S/C55H79N19O21S2/c1-19-33(71-46(74-44(19)58)25(9-31(57)78)65-11-24(56)45(59)84)50(88)73-35(41(26-12-62-18-67-26)93-54-43(39(82)37(80)29(13-75)92-54)94-53-40(83)42(95-55(60)90)38(81)30(14-76)91-53)51(89)68-21(3)36(79)20(2)47(85)72-34(22(4)77)49(87)64-8-6-32-69-28(16-96-32)52-70-27(15-97-52)48(86)63-7-5-23-10-61-17-66-23/h10,12,15-18,20-22,24-25,29-30,34-43,53-54,65,75-77,79-83H,5-9,11,13-14,56H2,1-4H3,(H2,57,78)(H2,59,84)(H2,60,90)(H,61,66)(H,62,67)(H,63,86)(H,64,87)(H,68,89)(H,72,85)(H,73,88)(H2,58,71,74)/t20-,21-,22+,24+,25+,29+,30-,34-,35+,36-,37-,38-,39+,40-,41-,42+,43-,53-,54+/m0/s1. The van der Waals surface area contributed by atoms with E-state index in [4.69, 9.17) is 52.4 Å². The first-order valence-electron chi connectivity index (χ1n) is 29.9. The molecule has 97 heavy (non-hydrogen) atoms. The number of ether oxygens (including phenoxy) is 5. The molecule has 532 valence electrons. The number of anilines is 1. The number of H-pyrrole nitrogens is 2. The van der Waals surface area contributed by atoms with Gasteiger partial charge < -0.3 is 135 Å². The van der Waals surface area contributed by atoms with E-state index < -0.39 is 183 Å². The predicted octanol–water partition coefficient (Wildman–Crippen LogP) is -8.01. The van der Waals surface area contributed by atoms with Crippen molar-refractivity contribution in [3.8, 4) is 10.7 Å². The van der Waals surface area contributed by atoms with E-state index in [1.807, 2.05) is 0 Å². The Kier molecular flexibility index (Phi) is 27.1. The first kappa shape index (κ1) is 75.9. The van der Waals surface area contributed by atoms with Crippen molar-refractivity contribution in [2.45, 2.75) is 157 Å². The summed E-state index contributed by atoms with van der Waals surface area (Å²) in [6, 6.07) is -7.87. The highest BCUT2D eigenvalue weighted by Crippen LogP contribution is 2.35. The van der Waals surface area contributed by atoms with Crippen LogP contribution >= 0.6 is 22.7 Å². The van der Waals surface area contributed by atoms with Gasteiger partial charge in [-0.1, -0.05) is 6.92 Å². The lowest BCUT2D eigenvalue weighted by molar-refractivity contribution is -0.372. The van der Waals surface area contributed by atoms with E-state index in [-0.39, 0.29) is 54.0 Å². The average Bonchev–Trinajstić information content (AvgIpc) is 1.80. The number of thiazole rings is 2. The molecule has 8 amide bonds. The zero-order valence-corrected chi connectivity index (χ0v) is 54.0. The van der Waals surface area contributed by atoms with E-state index in [9.17, 15) is 74.4 Å². The summed E-state index contributed by atoms with van der Waals surface area (Å²) in [6.07, 6.45) is -21.4. The number of nitrogens with zero attached hydrogens (tertiary/aromatic N) is 6. The Balaban J connectivity index is 1.12. The van der Waals surface area contributed by atoms with Crippen LogP contribution in [0.1, 0.15) is 88.1 Å². The summed E-state index contributed by atoms with van der Waals surface area (Å²) >= 11 is 2.48. The molecule has 0 bridgehead atoms. The molecular weight excluding hydrogens is 1330 g/mol. The van der Waals surface area contributed by atoms with Crippen molar-refractivity contribution in [1.29, 1.82) is 0 Å². The third-order valence-corrected chi connectivity index (χ3v) is 17.3. The third kappa shape index (κ3) is 19.7. The Hall–Kier alpha value is -8.44. The van der Waals surface area contributed by atoms with Gasteiger partial charge >= 0.3 is 6.09 Å². The van der Waals surface area contributed by atoms with Gasteiger partial charge in [0.15, 0.2) is 18.7 Å². The van der Waals surface area contributed by atoms with Crippen molar-refractivity contribution >= 4 is 75.9 Å². The lowest BCUT2D eigenvalue weighted by Crippen LogP contribution is -2.65. The fourth-order valence-corrected chi connectivity index (χ4v) is 11.6. The van der Waals surface area contributed by atoms with Crippen molar-refractivity contribution < 1.29 is 103 Å². The number of carbonyl (C=O) groups excluding carboxylic acids is 8. The highest BCUT2D eigenvalue weighted by atomic mass is 32.1. The van der Waals surface area contributed by atoms with E-state index in [0.29, 0.717) is 28.7 Å². The monoisotopic (exact) mass is 1410 g/mol. The van der Waals surface area contributed by atoms with Gasteiger partial charge in [-0.15, -0.1) is 22.7 Å². The summed E-state index contributed by atoms with van der Waals surface area (Å²) in [7, 11) is 0. The predicted molar refractivity (Wildman–Crippen MR) is 332 cm³/mol. The highest BCUT2D eigenvalue weighted by molar-refractivity contribution is 7.14. The maximum Gasteiger partial charge on any atom is 0.404 e. The molecule has 7 heterocycles.